The van der Waals surface area contributed by atoms with Gasteiger partial charge >= 0.3 is 5.97 Å². The van der Waals surface area contributed by atoms with Crippen LogP contribution < -0.4 is 0 Å². The van der Waals surface area contributed by atoms with E-state index in [9.17, 15) is 4.79 Å². The highest BCUT2D eigenvalue weighted by molar-refractivity contribution is 5.69. The lowest BCUT2D eigenvalue weighted by Gasteiger charge is -2.38. The van der Waals surface area contributed by atoms with E-state index in [1.165, 1.54) is 20.0 Å². The maximum absolute atomic E-state index is 11.5. The van der Waals surface area contributed by atoms with E-state index in [2.05, 4.69) is 4.90 Å². The van der Waals surface area contributed by atoms with Crippen molar-refractivity contribution >= 4 is 5.97 Å². The first-order valence-corrected chi connectivity index (χ1v) is 8.18. The Hall–Kier alpha value is -0.650. The van der Waals surface area contributed by atoms with Crippen molar-refractivity contribution in [2.45, 2.75) is 63.2 Å². The lowest BCUT2D eigenvalue weighted by Crippen LogP contribution is -2.45. The van der Waals surface area contributed by atoms with Gasteiger partial charge in [0.05, 0.1) is 25.7 Å². The van der Waals surface area contributed by atoms with Crippen molar-refractivity contribution in [1.29, 1.82) is 0 Å². The van der Waals surface area contributed by atoms with Gasteiger partial charge in [-0.15, -0.1) is 0 Å². The summed E-state index contributed by atoms with van der Waals surface area (Å²) in [6, 6.07) is 0.498. The van der Waals surface area contributed by atoms with Crippen molar-refractivity contribution in [3.05, 3.63) is 0 Å². The summed E-state index contributed by atoms with van der Waals surface area (Å²) in [4.78, 5) is 13.9. The molecule has 1 saturated carbocycles. The molecule has 122 valence electrons. The molecule has 1 aliphatic carbocycles. The van der Waals surface area contributed by atoms with Gasteiger partial charge in [0.15, 0.2) is 0 Å². The molecule has 5 heteroatoms. The number of methoxy groups -OCH3 is 2. The molecule has 0 spiro atoms. The SMILES string of the molecule is COC(=O)CCN(CC1CCCO1)C1CCCC(OC)C1. The number of carbonyl (C=O) groups is 1. The zero-order chi connectivity index (χ0) is 15.1. The van der Waals surface area contributed by atoms with Gasteiger partial charge in [-0.25, -0.2) is 0 Å². The molecule has 0 aromatic rings. The van der Waals surface area contributed by atoms with Gasteiger partial charge in [-0.1, -0.05) is 0 Å². The standard InChI is InChI=1S/C16H29NO4/c1-19-14-6-3-5-13(11-14)17(9-8-16(18)20-2)12-15-7-4-10-21-15/h13-15H,3-12H2,1-2H3. The molecule has 1 aliphatic heterocycles. The molecule has 2 aliphatic rings. The highest BCUT2D eigenvalue weighted by atomic mass is 16.5. The summed E-state index contributed by atoms with van der Waals surface area (Å²) in [6.45, 7) is 2.56. The minimum absolute atomic E-state index is 0.133. The number of ether oxygens (including phenoxy) is 3. The van der Waals surface area contributed by atoms with Crippen LogP contribution in [0.4, 0.5) is 0 Å². The summed E-state index contributed by atoms with van der Waals surface area (Å²) in [5.74, 6) is -0.133. The molecule has 0 radical (unpaired) electrons. The predicted octanol–water partition coefficient (Wildman–Crippen LogP) is 1.99. The fourth-order valence-electron chi connectivity index (χ4n) is 3.48. The fraction of sp³-hybridized carbons (Fsp3) is 0.938. The van der Waals surface area contributed by atoms with Gasteiger partial charge in [0, 0.05) is 32.8 Å². The van der Waals surface area contributed by atoms with Gasteiger partial charge in [-0.2, -0.15) is 0 Å². The van der Waals surface area contributed by atoms with Crippen LogP contribution in [0.3, 0.4) is 0 Å². The third-order valence-corrected chi connectivity index (χ3v) is 4.74. The van der Waals surface area contributed by atoms with Crippen molar-refractivity contribution < 1.29 is 19.0 Å². The number of hydrogen-bond acceptors (Lipinski definition) is 5. The minimum atomic E-state index is -0.133. The molecule has 2 rings (SSSR count). The highest BCUT2D eigenvalue weighted by Crippen LogP contribution is 2.26. The largest absolute Gasteiger partial charge is 0.469 e. The number of rotatable bonds is 7. The Kier molecular flexibility index (Phi) is 6.93. The van der Waals surface area contributed by atoms with E-state index in [1.807, 2.05) is 0 Å². The van der Waals surface area contributed by atoms with E-state index in [0.717, 1.165) is 45.4 Å². The predicted molar refractivity (Wildman–Crippen MR) is 80.2 cm³/mol. The summed E-state index contributed by atoms with van der Waals surface area (Å²) in [6.07, 6.45) is 8.02. The second-order valence-electron chi connectivity index (χ2n) is 6.13. The minimum Gasteiger partial charge on any atom is -0.469 e. The Balaban J connectivity index is 1.90. The lowest BCUT2D eigenvalue weighted by molar-refractivity contribution is -0.141. The van der Waals surface area contributed by atoms with Crippen molar-refractivity contribution in [3.63, 3.8) is 0 Å². The van der Waals surface area contributed by atoms with E-state index in [1.54, 1.807) is 7.11 Å². The molecule has 3 atom stereocenters. The van der Waals surface area contributed by atoms with Crippen molar-refractivity contribution in [2.24, 2.45) is 0 Å². The quantitative estimate of drug-likeness (QED) is 0.673. The maximum Gasteiger partial charge on any atom is 0.306 e. The highest BCUT2D eigenvalue weighted by Gasteiger charge is 2.29. The monoisotopic (exact) mass is 299 g/mol. The second-order valence-corrected chi connectivity index (χ2v) is 6.13. The van der Waals surface area contributed by atoms with Crippen molar-refractivity contribution in [2.75, 3.05) is 33.9 Å². The zero-order valence-corrected chi connectivity index (χ0v) is 13.4. The molecule has 1 heterocycles. The van der Waals surface area contributed by atoms with E-state index in [0.29, 0.717) is 24.7 Å². The van der Waals surface area contributed by atoms with Crippen LogP contribution in [-0.2, 0) is 19.0 Å². The van der Waals surface area contributed by atoms with Crippen LogP contribution in [0.5, 0.6) is 0 Å². The molecular weight excluding hydrogens is 270 g/mol. The molecule has 21 heavy (non-hydrogen) atoms. The van der Waals surface area contributed by atoms with Crippen LogP contribution in [0, 0.1) is 0 Å². The van der Waals surface area contributed by atoms with Crippen molar-refractivity contribution in [1.82, 2.24) is 4.90 Å². The molecule has 1 saturated heterocycles. The third-order valence-electron chi connectivity index (χ3n) is 4.74. The first-order valence-electron chi connectivity index (χ1n) is 8.18. The summed E-state index contributed by atoms with van der Waals surface area (Å²) in [5.41, 5.74) is 0. The van der Waals surface area contributed by atoms with E-state index < -0.39 is 0 Å². The molecule has 2 fully saturated rings. The maximum atomic E-state index is 11.5. The van der Waals surface area contributed by atoms with Crippen LogP contribution in [0.25, 0.3) is 0 Å². The van der Waals surface area contributed by atoms with Crippen LogP contribution in [0.2, 0.25) is 0 Å². The van der Waals surface area contributed by atoms with Crippen molar-refractivity contribution in [3.8, 4) is 0 Å². The Morgan fingerprint density at radius 2 is 2.10 bits per heavy atom. The van der Waals surface area contributed by atoms with Crippen LogP contribution in [0.15, 0.2) is 0 Å². The second kappa shape index (κ2) is 8.71. The van der Waals surface area contributed by atoms with Gasteiger partial charge in [0.1, 0.15) is 0 Å². The lowest BCUT2D eigenvalue weighted by atomic mass is 9.91. The topological polar surface area (TPSA) is 48.0 Å². The first-order chi connectivity index (χ1) is 10.2. The van der Waals surface area contributed by atoms with Gasteiger partial charge in [0.25, 0.3) is 0 Å². The Labute approximate surface area is 127 Å². The summed E-state index contributed by atoms with van der Waals surface area (Å²) in [5, 5.41) is 0. The Morgan fingerprint density at radius 3 is 2.76 bits per heavy atom. The molecule has 0 N–H and O–H groups in total. The van der Waals surface area contributed by atoms with Crippen LogP contribution >= 0.6 is 0 Å². The van der Waals surface area contributed by atoms with E-state index >= 15 is 0 Å². The van der Waals surface area contributed by atoms with Gasteiger partial charge in [0.2, 0.25) is 0 Å². The van der Waals surface area contributed by atoms with E-state index in [4.69, 9.17) is 14.2 Å². The third kappa shape index (κ3) is 5.24. The summed E-state index contributed by atoms with van der Waals surface area (Å²) in [7, 11) is 3.25. The number of carbonyl (C=O) groups excluding carboxylic acids is 1. The molecule has 0 bridgehead atoms. The first kappa shape index (κ1) is 16.7. The Bertz CT molecular complexity index is 317. The smallest absolute Gasteiger partial charge is 0.306 e. The molecule has 0 aromatic heterocycles. The summed E-state index contributed by atoms with van der Waals surface area (Å²) < 4.78 is 16.1. The Morgan fingerprint density at radius 1 is 1.24 bits per heavy atom. The molecule has 3 unspecified atom stereocenters. The average molecular weight is 299 g/mol. The number of hydrogen-bond donors (Lipinski definition) is 0. The molecule has 0 aromatic carbocycles. The molecular formula is C16H29NO4. The number of nitrogens with zero attached hydrogens (tertiary/aromatic N) is 1. The van der Waals surface area contributed by atoms with Gasteiger partial charge in [-0.3, -0.25) is 9.69 Å². The zero-order valence-electron chi connectivity index (χ0n) is 13.4. The van der Waals surface area contributed by atoms with Crippen LogP contribution in [-0.4, -0.2) is 63.0 Å². The fourth-order valence-corrected chi connectivity index (χ4v) is 3.48. The van der Waals surface area contributed by atoms with E-state index in [-0.39, 0.29) is 5.97 Å². The molecule has 0 amide bonds. The average Bonchev–Trinajstić information content (AvgIpc) is 3.04. The van der Waals surface area contributed by atoms with Gasteiger partial charge < -0.3 is 14.2 Å². The normalized spacial score (nSPS) is 29.8. The van der Waals surface area contributed by atoms with Crippen LogP contribution in [0.1, 0.15) is 44.9 Å². The number of esters is 1. The summed E-state index contributed by atoms with van der Waals surface area (Å²) >= 11 is 0. The molecule has 5 nitrogen and oxygen atoms in total. The van der Waals surface area contributed by atoms with Gasteiger partial charge in [-0.05, 0) is 38.5 Å².